The number of tetrazole rings is 1. The molecule has 0 N–H and O–H groups in total. The van der Waals surface area contributed by atoms with E-state index in [0.29, 0.717) is 23.1 Å². The molecule has 0 bridgehead atoms. The van der Waals surface area contributed by atoms with E-state index in [9.17, 15) is 8.78 Å². The maximum Gasteiger partial charge on any atom is 0.387 e. The molecule has 11 heteroatoms. The molecule has 2 heterocycles. The van der Waals surface area contributed by atoms with Gasteiger partial charge in [-0.05, 0) is 53.2 Å². The molecule has 0 aliphatic carbocycles. The Morgan fingerprint density at radius 2 is 1.80 bits per heavy atom. The van der Waals surface area contributed by atoms with Gasteiger partial charge in [-0.3, -0.25) is 0 Å². The first-order valence-electron chi connectivity index (χ1n) is 9.03. The van der Waals surface area contributed by atoms with Crippen LogP contribution in [0.3, 0.4) is 0 Å². The number of alkyl halides is 2. The van der Waals surface area contributed by atoms with E-state index in [1.54, 1.807) is 16.8 Å². The number of para-hydroxylation sites is 1. The molecule has 154 valence electrons. The Hall–Kier alpha value is -3.34. The number of nitrogens with zero attached hydrogens (tertiary/aromatic N) is 6. The Kier molecular flexibility index (Phi) is 6.28. The zero-order valence-corrected chi connectivity index (χ0v) is 16.4. The molecule has 2 aromatic heterocycles. The van der Waals surface area contributed by atoms with Gasteiger partial charge in [0.05, 0.1) is 5.69 Å². The summed E-state index contributed by atoms with van der Waals surface area (Å²) in [4.78, 5) is 0. The highest BCUT2D eigenvalue weighted by atomic mass is 32.2. The largest absolute Gasteiger partial charge is 0.435 e. The number of ether oxygens (including phenoxy) is 1. The summed E-state index contributed by atoms with van der Waals surface area (Å²) in [6.07, 6.45) is 1.51. The maximum absolute atomic E-state index is 12.2. The van der Waals surface area contributed by atoms with Crippen LogP contribution in [0.15, 0.2) is 64.2 Å². The zero-order valence-electron chi connectivity index (χ0n) is 15.6. The lowest BCUT2D eigenvalue weighted by molar-refractivity contribution is -0.0498. The summed E-state index contributed by atoms with van der Waals surface area (Å²) >= 11 is 1.43. The van der Waals surface area contributed by atoms with Crippen LogP contribution in [0.5, 0.6) is 5.75 Å². The van der Waals surface area contributed by atoms with E-state index in [2.05, 4.69) is 30.5 Å². The Morgan fingerprint density at radius 1 is 1.00 bits per heavy atom. The lowest BCUT2D eigenvalue weighted by Gasteiger charge is -2.04. The van der Waals surface area contributed by atoms with Crippen molar-refractivity contribution in [3.8, 4) is 22.9 Å². The standard InChI is InChI=1S/C19H16F2N6O2S/c20-18(21)28-15-10-8-13(9-11-15)17-23-24-19(29-17)30-12-4-7-16-22-25-26-27(16)14-5-2-1-3-6-14/h1-3,5-6,8-11,18H,4,7,12H2. The van der Waals surface area contributed by atoms with Crippen LogP contribution < -0.4 is 4.74 Å². The number of aromatic nitrogens is 6. The van der Waals surface area contributed by atoms with Gasteiger partial charge in [-0.15, -0.1) is 15.3 Å². The summed E-state index contributed by atoms with van der Waals surface area (Å²) in [7, 11) is 0. The van der Waals surface area contributed by atoms with Gasteiger partial charge in [0, 0.05) is 17.7 Å². The molecule has 0 amide bonds. The topological polar surface area (TPSA) is 91.8 Å². The normalized spacial score (nSPS) is 11.2. The zero-order chi connectivity index (χ0) is 20.8. The van der Waals surface area contributed by atoms with Gasteiger partial charge in [0.2, 0.25) is 5.89 Å². The molecule has 0 aliphatic rings. The van der Waals surface area contributed by atoms with Crippen molar-refractivity contribution in [1.82, 2.24) is 30.4 Å². The van der Waals surface area contributed by atoms with E-state index in [-0.39, 0.29) is 5.75 Å². The van der Waals surface area contributed by atoms with Crippen molar-refractivity contribution in [3.05, 3.63) is 60.4 Å². The average molecular weight is 430 g/mol. The van der Waals surface area contributed by atoms with Crippen molar-refractivity contribution in [1.29, 1.82) is 0 Å². The second-order valence-corrected chi connectivity index (χ2v) is 7.12. The third-order valence-electron chi connectivity index (χ3n) is 4.04. The predicted octanol–water partition coefficient (Wildman–Crippen LogP) is 4.04. The monoisotopic (exact) mass is 430 g/mol. The number of aryl methyl sites for hydroxylation is 1. The fourth-order valence-electron chi connectivity index (χ4n) is 2.68. The first-order valence-corrected chi connectivity index (χ1v) is 10.0. The lowest BCUT2D eigenvalue weighted by atomic mass is 10.2. The summed E-state index contributed by atoms with van der Waals surface area (Å²) in [6, 6.07) is 15.7. The molecule has 0 atom stereocenters. The number of thioether (sulfide) groups is 1. The summed E-state index contributed by atoms with van der Waals surface area (Å²) in [6.45, 7) is -2.86. The highest BCUT2D eigenvalue weighted by Gasteiger charge is 2.12. The summed E-state index contributed by atoms with van der Waals surface area (Å²) in [5.41, 5.74) is 1.54. The smallest absolute Gasteiger partial charge is 0.387 e. The van der Waals surface area contributed by atoms with Crippen LogP contribution in [-0.2, 0) is 6.42 Å². The number of halogens is 2. The van der Waals surface area contributed by atoms with E-state index in [1.807, 2.05) is 30.3 Å². The van der Waals surface area contributed by atoms with Crippen LogP contribution >= 0.6 is 11.8 Å². The third-order valence-corrected chi connectivity index (χ3v) is 4.94. The lowest BCUT2D eigenvalue weighted by Crippen LogP contribution is -2.03. The van der Waals surface area contributed by atoms with Gasteiger partial charge in [0.15, 0.2) is 5.82 Å². The Labute approximate surface area is 174 Å². The molecule has 4 aromatic rings. The van der Waals surface area contributed by atoms with Gasteiger partial charge in [-0.25, -0.2) is 0 Å². The van der Waals surface area contributed by atoms with Gasteiger partial charge < -0.3 is 9.15 Å². The Morgan fingerprint density at radius 3 is 2.57 bits per heavy atom. The number of rotatable bonds is 9. The minimum absolute atomic E-state index is 0.0701. The molecular weight excluding hydrogens is 414 g/mol. The third kappa shape index (κ3) is 4.98. The molecule has 0 fully saturated rings. The highest BCUT2D eigenvalue weighted by Crippen LogP contribution is 2.26. The molecule has 0 aliphatic heterocycles. The fourth-order valence-corrected chi connectivity index (χ4v) is 3.38. The first kappa shape index (κ1) is 20.0. The average Bonchev–Trinajstić information content (AvgIpc) is 3.42. The molecule has 0 radical (unpaired) electrons. The minimum atomic E-state index is -2.86. The SMILES string of the molecule is FC(F)Oc1ccc(-c2nnc(SCCCc3nnnn3-c3ccccc3)o2)cc1. The predicted molar refractivity (Wildman–Crippen MR) is 105 cm³/mol. The molecule has 30 heavy (non-hydrogen) atoms. The van der Waals surface area contributed by atoms with Gasteiger partial charge in [0.1, 0.15) is 5.75 Å². The minimum Gasteiger partial charge on any atom is -0.435 e. The van der Waals surface area contributed by atoms with Crippen molar-refractivity contribution in [2.75, 3.05) is 5.75 Å². The molecule has 8 nitrogen and oxygen atoms in total. The Balaban J connectivity index is 1.29. The van der Waals surface area contributed by atoms with Crippen LogP contribution in [0.4, 0.5) is 8.78 Å². The van der Waals surface area contributed by atoms with Crippen molar-refractivity contribution < 1.29 is 17.9 Å². The van der Waals surface area contributed by atoms with E-state index in [0.717, 1.165) is 23.7 Å². The second kappa shape index (κ2) is 9.44. The number of hydrogen-bond acceptors (Lipinski definition) is 8. The van der Waals surface area contributed by atoms with Gasteiger partial charge in [0.25, 0.3) is 5.22 Å². The van der Waals surface area contributed by atoms with Crippen LogP contribution in [0.2, 0.25) is 0 Å². The Bertz CT molecular complexity index is 1070. The van der Waals surface area contributed by atoms with Crippen LogP contribution in [-0.4, -0.2) is 42.8 Å². The van der Waals surface area contributed by atoms with Gasteiger partial charge in [-0.1, -0.05) is 30.0 Å². The molecule has 0 saturated carbocycles. The number of benzene rings is 2. The second-order valence-electron chi connectivity index (χ2n) is 6.07. The van der Waals surface area contributed by atoms with Crippen molar-refractivity contribution in [2.24, 2.45) is 0 Å². The van der Waals surface area contributed by atoms with Crippen molar-refractivity contribution in [3.63, 3.8) is 0 Å². The van der Waals surface area contributed by atoms with E-state index >= 15 is 0 Å². The molecule has 4 rings (SSSR count). The van der Waals surface area contributed by atoms with Gasteiger partial charge >= 0.3 is 6.61 Å². The summed E-state index contributed by atoms with van der Waals surface area (Å²) in [5.74, 6) is 1.90. The van der Waals surface area contributed by atoms with E-state index in [1.165, 1.54) is 23.9 Å². The number of hydrogen-bond donors (Lipinski definition) is 0. The maximum atomic E-state index is 12.2. The first-order chi connectivity index (χ1) is 14.7. The fraction of sp³-hybridized carbons (Fsp3) is 0.211. The quantitative estimate of drug-likeness (QED) is 0.290. The molecule has 0 unspecified atom stereocenters. The molecule has 0 saturated heterocycles. The highest BCUT2D eigenvalue weighted by molar-refractivity contribution is 7.99. The van der Waals surface area contributed by atoms with Crippen molar-refractivity contribution in [2.45, 2.75) is 24.7 Å². The van der Waals surface area contributed by atoms with Gasteiger partial charge in [-0.2, -0.15) is 13.5 Å². The molecule has 2 aromatic carbocycles. The van der Waals surface area contributed by atoms with E-state index in [4.69, 9.17) is 4.42 Å². The van der Waals surface area contributed by atoms with Crippen LogP contribution in [0, 0.1) is 0 Å². The van der Waals surface area contributed by atoms with E-state index < -0.39 is 6.61 Å². The van der Waals surface area contributed by atoms with Crippen LogP contribution in [0.1, 0.15) is 12.2 Å². The summed E-state index contributed by atoms with van der Waals surface area (Å²) < 4.78 is 36.1. The molecular formula is C19H16F2N6O2S. The molecule has 0 spiro atoms. The van der Waals surface area contributed by atoms with Crippen LogP contribution in [0.25, 0.3) is 17.1 Å². The van der Waals surface area contributed by atoms with Crippen molar-refractivity contribution >= 4 is 11.8 Å². The summed E-state index contributed by atoms with van der Waals surface area (Å²) in [5, 5.41) is 20.3.